The first kappa shape index (κ1) is 13.2. The Hall–Kier alpha value is -2.23. The number of ether oxygens (including phenoxy) is 1. The molecule has 0 atom stereocenters. The maximum Gasteiger partial charge on any atom is 0.251 e. The molecule has 0 spiro atoms. The average molecular weight is 258 g/mol. The van der Waals surface area contributed by atoms with Gasteiger partial charge in [0.1, 0.15) is 5.75 Å². The number of rotatable bonds is 4. The third-order valence-corrected chi connectivity index (χ3v) is 2.88. The topological polar surface area (TPSA) is 57.2 Å². The van der Waals surface area contributed by atoms with Crippen LogP contribution in [0.1, 0.15) is 18.1 Å². The van der Waals surface area contributed by atoms with Crippen LogP contribution in [0.4, 0.5) is 5.69 Å². The summed E-state index contributed by atoms with van der Waals surface area (Å²) >= 11 is 0. The van der Waals surface area contributed by atoms with E-state index in [1.807, 2.05) is 32.0 Å². The van der Waals surface area contributed by atoms with Gasteiger partial charge in [-0.2, -0.15) is 0 Å². The van der Waals surface area contributed by atoms with Gasteiger partial charge in [-0.3, -0.25) is 4.79 Å². The molecule has 2 rings (SSSR count). The summed E-state index contributed by atoms with van der Waals surface area (Å²) < 4.78 is 7.20. The van der Waals surface area contributed by atoms with Gasteiger partial charge in [0.25, 0.3) is 5.56 Å². The van der Waals surface area contributed by atoms with Crippen molar-refractivity contribution in [1.29, 1.82) is 0 Å². The monoisotopic (exact) mass is 258 g/mol. The predicted octanol–water partition coefficient (Wildman–Crippen LogP) is 2.19. The summed E-state index contributed by atoms with van der Waals surface area (Å²) in [5, 5.41) is 0. The molecule has 19 heavy (non-hydrogen) atoms. The number of hydrogen-bond acceptors (Lipinski definition) is 3. The van der Waals surface area contributed by atoms with E-state index < -0.39 is 0 Å². The summed E-state index contributed by atoms with van der Waals surface area (Å²) in [4.78, 5) is 11.9. The number of pyridine rings is 1. The minimum Gasteiger partial charge on any atom is -0.494 e. The molecule has 0 radical (unpaired) electrons. The van der Waals surface area contributed by atoms with Crippen LogP contribution in [0.5, 0.6) is 5.75 Å². The quantitative estimate of drug-likeness (QED) is 0.855. The fraction of sp³-hybridized carbons (Fsp3) is 0.267. The Labute approximate surface area is 112 Å². The van der Waals surface area contributed by atoms with E-state index in [9.17, 15) is 4.79 Å². The smallest absolute Gasteiger partial charge is 0.251 e. The Morgan fingerprint density at radius 2 is 2.05 bits per heavy atom. The van der Waals surface area contributed by atoms with Gasteiger partial charge in [-0.05, 0) is 43.7 Å². The van der Waals surface area contributed by atoms with Gasteiger partial charge in [-0.1, -0.05) is 0 Å². The van der Waals surface area contributed by atoms with E-state index in [2.05, 4.69) is 0 Å². The number of nitrogens with zero attached hydrogens (tertiary/aromatic N) is 1. The second-order valence-electron chi connectivity index (χ2n) is 4.47. The van der Waals surface area contributed by atoms with Crippen molar-refractivity contribution < 1.29 is 4.74 Å². The number of nitrogen functional groups attached to an aromatic ring is 1. The molecule has 1 heterocycles. The zero-order valence-corrected chi connectivity index (χ0v) is 11.2. The van der Waals surface area contributed by atoms with Gasteiger partial charge in [-0.25, -0.2) is 0 Å². The van der Waals surface area contributed by atoms with Crippen molar-refractivity contribution in [3.05, 3.63) is 58.0 Å². The van der Waals surface area contributed by atoms with Crippen LogP contribution in [0.25, 0.3) is 0 Å². The highest BCUT2D eigenvalue weighted by Gasteiger charge is 2.06. The molecule has 0 aliphatic rings. The number of nitrogens with two attached hydrogens (primary N) is 1. The summed E-state index contributed by atoms with van der Waals surface area (Å²) in [6.07, 6.45) is 1.79. The number of benzene rings is 1. The zero-order valence-electron chi connectivity index (χ0n) is 11.2. The maximum absolute atomic E-state index is 11.9. The summed E-state index contributed by atoms with van der Waals surface area (Å²) in [5.41, 5.74) is 8.31. The number of hydrogen-bond donors (Lipinski definition) is 1. The molecule has 4 nitrogen and oxygen atoms in total. The van der Waals surface area contributed by atoms with Gasteiger partial charge in [0.05, 0.1) is 13.2 Å². The highest BCUT2D eigenvalue weighted by molar-refractivity contribution is 5.48. The van der Waals surface area contributed by atoms with Gasteiger partial charge < -0.3 is 15.0 Å². The molecule has 0 bridgehead atoms. The third-order valence-electron chi connectivity index (χ3n) is 2.88. The molecular formula is C15H18N2O2. The molecule has 2 aromatic rings. The predicted molar refractivity (Wildman–Crippen MR) is 76.6 cm³/mol. The van der Waals surface area contributed by atoms with E-state index in [1.54, 1.807) is 22.9 Å². The van der Waals surface area contributed by atoms with Crippen molar-refractivity contribution in [2.24, 2.45) is 0 Å². The van der Waals surface area contributed by atoms with Crippen molar-refractivity contribution in [2.75, 3.05) is 12.3 Å². The minimum absolute atomic E-state index is 0.0233. The van der Waals surface area contributed by atoms with Crippen LogP contribution in [-0.2, 0) is 6.54 Å². The Kier molecular flexibility index (Phi) is 3.90. The van der Waals surface area contributed by atoms with Crippen LogP contribution >= 0.6 is 0 Å². The lowest BCUT2D eigenvalue weighted by Gasteiger charge is -2.12. The molecule has 4 heteroatoms. The second kappa shape index (κ2) is 5.61. The molecule has 2 N–H and O–H groups in total. The highest BCUT2D eigenvalue weighted by atomic mass is 16.5. The van der Waals surface area contributed by atoms with Crippen LogP contribution in [0.15, 0.2) is 41.3 Å². The lowest BCUT2D eigenvalue weighted by molar-refractivity contribution is 0.335. The number of aryl methyl sites for hydroxylation is 1. The van der Waals surface area contributed by atoms with Crippen LogP contribution in [0.2, 0.25) is 0 Å². The van der Waals surface area contributed by atoms with E-state index in [1.165, 1.54) is 0 Å². The number of aromatic nitrogens is 1. The summed E-state index contributed by atoms with van der Waals surface area (Å²) in [5.74, 6) is 0.768. The van der Waals surface area contributed by atoms with Gasteiger partial charge in [-0.15, -0.1) is 0 Å². The molecule has 0 amide bonds. The molecule has 100 valence electrons. The molecule has 0 aliphatic carbocycles. The van der Waals surface area contributed by atoms with Crippen LogP contribution in [-0.4, -0.2) is 11.2 Å². The first-order chi connectivity index (χ1) is 9.10. The summed E-state index contributed by atoms with van der Waals surface area (Å²) in [6, 6.07) is 9.01. The third kappa shape index (κ3) is 3.16. The molecule has 1 aromatic heterocycles. The fourth-order valence-electron chi connectivity index (χ4n) is 1.94. The zero-order chi connectivity index (χ0) is 13.8. The molecule has 0 unspecified atom stereocenters. The van der Waals surface area contributed by atoms with Crippen molar-refractivity contribution in [3.8, 4) is 5.75 Å². The average Bonchev–Trinajstić information content (AvgIpc) is 2.36. The van der Waals surface area contributed by atoms with E-state index in [0.29, 0.717) is 18.8 Å². The lowest BCUT2D eigenvalue weighted by atomic mass is 10.1. The van der Waals surface area contributed by atoms with Crippen molar-refractivity contribution >= 4 is 5.69 Å². The van der Waals surface area contributed by atoms with Gasteiger partial charge in [0, 0.05) is 23.5 Å². The van der Waals surface area contributed by atoms with Gasteiger partial charge in [0.15, 0.2) is 0 Å². The fourth-order valence-corrected chi connectivity index (χ4v) is 1.94. The van der Waals surface area contributed by atoms with Crippen molar-refractivity contribution in [2.45, 2.75) is 20.4 Å². The molecule has 0 aliphatic heterocycles. The van der Waals surface area contributed by atoms with Gasteiger partial charge >= 0.3 is 0 Å². The van der Waals surface area contributed by atoms with Crippen molar-refractivity contribution in [1.82, 2.24) is 4.57 Å². The Morgan fingerprint density at radius 1 is 1.26 bits per heavy atom. The van der Waals surface area contributed by atoms with E-state index in [4.69, 9.17) is 10.5 Å². The Morgan fingerprint density at radius 3 is 2.74 bits per heavy atom. The van der Waals surface area contributed by atoms with Crippen molar-refractivity contribution in [3.63, 3.8) is 0 Å². The first-order valence-electron chi connectivity index (χ1n) is 6.28. The highest BCUT2D eigenvalue weighted by Crippen LogP contribution is 2.22. The van der Waals surface area contributed by atoms with E-state index >= 15 is 0 Å². The maximum atomic E-state index is 11.9. The van der Waals surface area contributed by atoms with E-state index in [-0.39, 0.29) is 5.56 Å². The van der Waals surface area contributed by atoms with E-state index in [0.717, 1.165) is 16.9 Å². The summed E-state index contributed by atoms with van der Waals surface area (Å²) in [6.45, 7) is 4.87. The molecule has 1 aromatic carbocycles. The molecular weight excluding hydrogens is 240 g/mol. The molecule has 0 saturated heterocycles. The largest absolute Gasteiger partial charge is 0.494 e. The first-order valence-corrected chi connectivity index (χ1v) is 6.28. The van der Waals surface area contributed by atoms with Crippen LogP contribution < -0.4 is 16.0 Å². The summed E-state index contributed by atoms with van der Waals surface area (Å²) in [7, 11) is 0. The standard InChI is InChI=1S/C15H18N2O2/c1-3-19-14-5-4-13(16)9-12(14)10-17-7-6-11(2)8-15(17)18/h4-9H,3,10,16H2,1-2H3. The lowest BCUT2D eigenvalue weighted by Crippen LogP contribution is -2.19. The van der Waals surface area contributed by atoms with Crippen LogP contribution in [0.3, 0.4) is 0 Å². The second-order valence-corrected chi connectivity index (χ2v) is 4.47. The normalized spacial score (nSPS) is 10.4. The minimum atomic E-state index is -0.0233. The number of anilines is 1. The van der Waals surface area contributed by atoms with Crippen LogP contribution in [0, 0.1) is 6.92 Å². The Balaban J connectivity index is 2.36. The SMILES string of the molecule is CCOc1ccc(N)cc1Cn1ccc(C)cc1=O. The molecule has 0 fully saturated rings. The van der Waals surface area contributed by atoms with Gasteiger partial charge in [0.2, 0.25) is 0 Å². The molecule has 0 saturated carbocycles. The Bertz CT molecular complexity index is 632.